The van der Waals surface area contributed by atoms with Crippen molar-refractivity contribution < 1.29 is 18.0 Å². The summed E-state index contributed by atoms with van der Waals surface area (Å²) in [7, 11) is -3.73. The van der Waals surface area contributed by atoms with Gasteiger partial charge in [-0.3, -0.25) is 13.9 Å². The fourth-order valence-electron chi connectivity index (χ4n) is 3.70. The molecular formula is C25H35N3O4S. The molecule has 0 bridgehead atoms. The molecule has 1 atom stereocenters. The quantitative estimate of drug-likeness (QED) is 0.573. The van der Waals surface area contributed by atoms with Crippen molar-refractivity contribution in [2.75, 3.05) is 17.1 Å². The molecule has 8 heteroatoms. The molecule has 33 heavy (non-hydrogen) atoms. The maximum atomic E-state index is 13.6. The average Bonchev–Trinajstić information content (AvgIpc) is 2.70. The molecule has 0 aliphatic rings. The highest BCUT2D eigenvalue weighted by Gasteiger charge is 2.32. The Bertz CT molecular complexity index is 1080. The Hall–Kier alpha value is -2.87. The normalized spacial score (nSPS) is 12.3. The number of hydrogen-bond acceptors (Lipinski definition) is 4. The lowest BCUT2D eigenvalue weighted by Crippen LogP contribution is -2.53. The number of benzene rings is 2. The second kappa shape index (κ2) is 11.3. The van der Waals surface area contributed by atoms with Gasteiger partial charge in [-0.1, -0.05) is 48.9 Å². The lowest BCUT2D eigenvalue weighted by molar-refractivity contribution is -0.140. The SMILES string of the molecule is CC[C@@H](C(=O)NC(C)C)N(Cc1cccc(C)c1)C(=O)CN(c1cccc(C)c1)S(C)(=O)=O. The molecule has 0 saturated heterocycles. The van der Waals surface area contributed by atoms with E-state index >= 15 is 0 Å². The van der Waals surface area contributed by atoms with Gasteiger partial charge in [0.05, 0.1) is 11.9 Å². The van der Waals surface area contributed by atoms with Gasteiger partial charge in [0.25, 0.3) is 0 Å². The van der Waals surface area contributed by atoms with Gasteiger partial charge < -0.3 is 10.2 Å². The van der Waals surface area contributed by atoms with Crippen molar-refractivity contribution in [2.24, 2.45) is 0 Å². The zero-order chi connectivity index (χ0) is 24.8. The maximum Gasteiger partial charge on any atom is 0.244 e. The van der Waals surface area contributed by atoms with Crippen molar-refractivity contribution in [1.82, 2.24) is 10.2 Å². The number of aryl methyl sites for hydroxylation is 2. The van der Waals surface area contributed by atoms with Crippen LogP contribution in [0.5, 0.6) is 0 Å². The number of amides is 2. The van der Waals surface area contributed by atoms with Crippen LogP contribution in [-0.2, 0) is 26.2 Å². The van der Waals surface area contributed by atoms with Gasteiger partial charge >= 0.3 is 0 Å². The van der Waals surface area contributed by atoms with E-state index in [0.29, 0.717) is 12.1 Å². The monoisotopic (exact) mass is 473 g/mol. The van der Waals surface area contributed by atoms with Crippen molar-refractivity contribution in [3.63, 3.8) is 0 Å². The summed E-state index contributed by atoms with van der Waals surface area (Å²) in [5.74, 6) is -0.691. The van der Waals surface area contributed by atoms with Gasteiger partial charge in [-0.2, -0.15) is 0 Å². The zero-order valence-electron chi connectivity index (χ0n) is 20.3. The van der Waals surface area contributed by atoms with E-state index in [1.54, 1.807) is 18.2 Å². The minimum atomic E-state index is -3.73. The van der Waals surface area contributed by atoms with Crippen LogP contribution in [0.25, 0.3) is 0 Å². The van der Waals surface area contributed by atoms with Gasteiger partial charge in [0.1, 0.15) is 12.6 Å². The van der Waals surface area contributed by atoms with E-state index in [4.69, 9.17) is 0 Å². The van der Waals surface area contributed by atoms with Gasteiger partial charge in [0.2, 0.25) is 21.8 Å². The van der Waals surface area contributed by atoms with Crippen LogP contribution in [0, 0.1) is 13.8 Å². The van der Waals surface area contributed by atoms with E-state index in [9.17, 15) is 18.0 Å². The molecule has 1 N–H and O–H groups in total. The number of carbonyl (C=O) groups is 2. The number of nitrogens with zero attached hydrogens (tertiary/aromatic N) is 2. The highest BCUT2D eigenvalue weighted by Crippen LogP contribution is 2.21. The summed E-state index contributed by atoms with van der Waals surface area (Å²) in [6, 6.07) is 13.9. The summed E-state index contributed by atoms with van der Waals surface area (Å²) in [6.45, 7) is 9.20. The number of nitrogens with one attached hydrogen (secondary N) is 1. The minimum absolute atomic E-state index is 0.0812. The Morgan fingerprint density at radius 3 is 2.12 bits per heavy atom. The second-order valence-corrected chi connectivity index (χ2v) is 10.6. The molecule has 0 fully saturated rings. The lowest BCUT2D eigenvalue weighted by atomic mass is 10.1. The minimum Gasteiger partial charge on any atom is -0.352 e. The molecule has 0 aliphatic heterocycles. The molecule has 2 aromatic rings. The number of hydrogen-bond donors (Lipinski definition) is 1. The van der Waals surface area contributed by atoms with Gasteiger partial charge in [-0.15, -0.1) is 0 Å². The number of rotatable bonds is 10. The summed E-state index contributed by atoms with van der Waals surface area (Å²) in [4.78, 5) is 28.0. The second-order valence-electron chi connectivity index (χ2n) is 8.71. The average molecular weight is 474 g/mol. The van der Waals surface area contributed by atoms with E-state index in [-0.39, 0.29) is 25.0 Å². The molecule has 0 radical (unpaired) electrons. The molecule has 180 valence electrons. The fourth-order valence-corrected chi connectivity index (χ4v) is 4.55. The summed E-state index contributed by atoms with van der Waals surface area (Å²) >= 11 is 0. The Balaban J connectivity index is 2.44. The van der Waals surface area contributed by atoms with Crippen LogP contribution in [-0.4, -0.2) is 50.0 Å². The topological polar surface area (TPSA) is 86.8 Å². The van der Waals surface area contributed by atoms with Gasteiger partial charge in [-0.25, -0.2) is 8.42 Å². The van der Waals surface area contributed by atoms with Crippen molar-refractivity contribution >= 4 is 27.5 Å². The molecule has 0 spiro atoms. The lowest BCUT2D eigenvalue weighted by Gasteiger charge is -2.33. The van der Waals surface area contributed by atoms with E-state index in [0.717, 1.165) is 27.3 Å². The number of anilines is 1. The molecule has 0 aliphatic carbocycles. The predicted octanol–water partition coefficient (Wildman–Crippen LogP) is 3.40. The van der Waals surface area contributed by atoms with Crippen LogP contribution in [0.1, 0.15) is 43.9 Å². The Kier molecular flexibility index (Phi) is 9.05. The first-order valence-corrected chi connectivity index (χ1v) is 13.0. The van der Waals surface area contributed by atoms with E-state index < -0.39 is 22.0 Å². The first-order chi connectivity index (χ1) is 15.4. The molecular weight excluding hydrogens is 438 g/mol. The molecule has 2 aromatic carbocycles. The smallest absolute Gasteiger partial charge is 0.244 e. The standard InChI is InChI=1S/C25H35N3O4S/c1-7-23(25(30)26-18(2)3)27(16-21-12-8-10-19(4)14-21)24(29)17-28(33(6,31)32)22-13-9-11-20(5)15-22/h8-15,18,23H,7,16-17H2,1-6H3,(H,26,30)/t23-/m0/s1. The predicted molar refractivity (Wildman–Crippen MR) is 132 cm³/mol. The van der Waals surface area contributed by atoms with Gasteiger partial charge in [-0.05, 0) is 57.4 Å². The molecule has 7 nitrogen and oxygen atoms in total. The Morgan fingerprint density at radius 1 is 1.00 bits per heavy atom. The molecule has 2 amide bonds. The fraction of sp³-hybridized carbons (Fsp3) is 0.440. The summed E-state index contributed by atoms with van der Waals surface area (Å²) in [5, 5.41) is 2.88. The third-order valence-electron chi connectivity index (χ3n) is 5.22. The summed E-state index contributed by atoms with van der Waals surface area (Å²) in [5.41, 5.74) is 3.21. The Labute approximate surface area is 197 Å². The molecule has 0 unspecified atom stereocenters. The van der Waals surface area contributed by atoms with Crippen molar-refractivity contribution in [1.29, 1.82) is 0 Å². The van der Waals surface area contributed by atoms with Gasteiger partial charge in [0.15, 0.2) is 0 Å². The molecule has 0 saturated carbocycles. The highest BCUT2D eigenvalue weighted by atomic mass is 32.2. The first-order valence-electron chi connectivity index (χ1n) is 11.1. The van der Waals surface area contributed by atoms with E-state index in [1.165, 1.54) is 4.90 Å². The number of carbonyl (C=O) groups excluding carboxylic acids is 2. The summed E-state index contributed by atoms with van der Waals surface area (Å²) < 4.78 is 26.3. The van der Waals surface area contributed by atoms with Crippen LogP contribution in [0.2, 0.25) is 0 Å². The van der Waals surface area contributed by atoms with Crippen molar-refractivity contribution in [2.45, 2.75) is 59.7 Å². The highest BCUT2D eigenvalue weighted by molar-refractivity contribution is 7.92. The first kappa shape index (κ1) is 26.4. The Morgan fingerprint density at radius 2 is 1.61 bits per heavy atom. The van der Waals surface area contributed by atoms with Crippen LogP contribution in [0.4, 0.5) is 5.69 Å². The number of sulfonamides is 1. The van der Waals surface area contributed by atoms with Crippen LogP contribution in [0.3, 0.4) is 0 Å². The van der Waals surface area contributed by atoms with E-state index in [1.807, 2.05) is 65.0 Å². The van der Waals surface area contributed by atoms with Crippen LogP contribution < -0.4 is 9.62 Å². The van der Waals surface area contributed by atoms with Crippen LogP contribution >= 0.6 is 0 Å². The van der Waals surface area contributed by atoms with Gasteiger partial charge in [0, 0.05) is 12.6 Å². The third-order valence-corrected chi connectivity index (χ3v) is 6.36. The summed E-state index contributed by atoms with van der Waals surface area (Å²) in [6.07, 6.45) is 1.48. The molecule has 0 aromatic heterocycles. The molecule has 0 heterocycles. The third kappa shape index (κ3) is 7.60. The largest absolute Gasteiger partial charge is 0.352 e. The van der Waals surface area contributed by atoms with Crippen molar-refractivity contribution in [3.05, 3.63) is 65.2 Å². The molecule has 2 rings (SSSR count). The zero-order valence-corrected chi connectivity index (χ0v) is 21.1. The van der Waals surface area contributed by atoms with Crippen LogP contribution in [0.15, 0.2) is 48.5 Å². The van der Waals surface area contributed by atoms with Crippen molar-refractivity contribution in [3.8, 4) is 0 Å². The van der Waals surface area contributed by atoms with E-state index in [2.05, 4.69) is 5.32 Å². The maximum absolute atomic E-state index is 13.6.